The minimum absolute atomic E-state index is 0.155. The maximum Gasteiger partial charge on any atom is 0.305 e. The molecule has 1 aromatic heterocycles. The number of hydrogen-bond donors (Lipinski definition) is 2. The Morgan fingerprint density at radius 1 is 1.53 bits per heavy atom. The molecule has 94 valence electrons. The first-order valence-corrected chi connectivity index (χ1v) is 5.42. The van der Waals surface area contributed by atoms with Gasteiger partial charge in [-0.25, -0.2) is 4.98 Å². The molecule has 0 saturated carbocycles. The van der Waals surface area contributed by atoms with Crippen LogP contribution >= 0.6 is 0 Å². The molecule has 6 heteroatoms. The topological polar surface area (TPSA) is 84.2 Å². The largest absolute Gasteiger partial charge is 0.481 e. The zero-order valence-electron chi connectivity index (χ0n) is 10.2. The third-order valence-electron chi connectivity index (χ3n) is 2.37. The predicted molar refractivity (Wildman–Crippen MR) is 61.4 cm³/mol. The van der Waals surface area contributed by atoms with Gasteiger partial charge in [-0.3, -0.25) is 9.59 Å². The number of amides is 1. The average molecular weight is 239 g/mol. The van der Waals surface area contributed by atoms with Crippen molar-refractivity contribution in [1.29, 1.82) is 0 Å². The second-order valence-electron chi connectivity index (χ2n) is 4.17. The number of nitrogens with one attached hydrogen (secondary N) is 1. The van der Waals surface area contributed by atoms with Crippen LogP contribution in [0.4, 0.5) is 0 Å². The van der Waals surface area contributed by atoms with Gasteiger partial charge < -0.3 is 15.0 Å². The number of nitrogens with zero attached hydrogens (tertiary/aromatic N) is 2. The normalized spacial score (nSPS) is 12.5. The molecular weight excluding hydrogens is 222 g/mol. The van der Waals surface area contributed by atoms with E-state index >= 15 is 0 Å². The van der Waals surface area contributed by atoms with Crippen molar-refractivity contribution < 1.29 is 14.7 Å². The van der Waals surface area contributed by atoms with Gasteiger partial charge in [0.15, 0.2) is 0 Å². The fraction of sp³-hybridized carbons (Fsp3) is 0.545. The van der Waals surface area contributed by atoms with Crippen LogP contribution in [0, 0.1) is 0 Å². The molecule has 1 rings (SSSR count). The quantitative estimate of drug-likeness (QED) is 0.806. The average Bonchev–Trinajstić information content (AvgIpc) is 2.62. The summed E-state index contributed by atoms with van der Waals surface area (Å²) in [6, 6.07) is -0.382. The summed E-state index contributed by atoms with van der Waals surface area (Å²) in [5.41, 5.74) is 0.706. The van der Waals surface area contributed by atoms with E-state index in [0.29, 0.717) is 5.69 Å². The monoisotopic (exact) mass is 239 g/mol. The van der Waals surface area contributed by atoms with Gasteiger partial charge in [-0.05, 0) is 13.8 Å². The number of imidazole rings is 1. The molecule has 2 N–H and O–H groups in total. The smallest absolute Gasteiger partial charge is 0.305 e. The Hall–Kier alpha value is -1.85. The van der Waals surface area contributed by atoms with Crippen molar-refractivity contribution in [1.82, 2.24) is 14.9 Å². The molecule has 1 heterocycles. The molecular formula is C11H17N3O3. The Kier molecular flexibility index (Phi) is 4.25. The Morgan fingerprint density at radius 3 is 2.65 bits per heavy atom. The van der Waals surface area contributed by atoms with Crippen LogP contribution in [0.2, 0.25) is 0 Å². The summed E-state index contributed by atoms with van der Waals surface area (Å²) in [6.45, 7) is 5.30. The van der Waals surface area contributed by atoms with E-state index in [4.69, 9.17) is 5.11 Å². The van der Waals surface area contributed by atoms with Crippen LogP contribution in [0.5, 0.6) is 0 Å². The highest BCUT2D eigenvalue weighted by Gasteiger charge is 2.21. The number of aromatic nitrogens is 2. The number of carbonyl (C=O) groups is 2. The van der Waals surface area contributed by atoms with Gasteiger partial charge >= 0.3 is 5.97 Å². The maximum atomic E-state index is 11.1. The van der Waals surface area contributed by atoms with Crippen LogP contribution in [0.15, 0.2) is 12.5 Å². The first-order chi connectivity index (χ1) is 7.91. The maximum absolute atomic E-state index is 11.1. The molecule has 0 aromatic carbocycles. The summed E-state index contributed by atoms with van der Waals surface area (Å²) < 4.78 is 1.85. The number of aliphatic carboxylic acids is 1. The lowest BCUT2D eigenvalue weighted by atomic mass is 10.1. The van der Waals surface area contributed by atoms with Crippen molar-refractivity contribution in [3.63, 3.8) is 0 Å². The van der Waals surface area contributed by atoms with Gasteiger partial charge in [0, 0.05) is 13.0 Å². The summed E-state index contributed by atoms with van der Waals surface area (Å²) in [6.07, 6.45) is 3.07. The van der Waals surface area contributed by atoms with E-state index in [9.17, 15) is 9.59 Å². The molecule has 1 amide bonds. The van der Waals surface area contributed by atoms with Gasteiger partial charge in [-0.1, -0.05) is 0 Å². The highest BCUT2D eigenvalue weighted by molar-refractivity contribution is 5.75. The number of carbonyl (C=O) groups excluding carboxylic acids is 1. The molecule has 6 nitrogen and oxygen atoms in total. The van der Waals surface area contributed by atoms with E-state index in [1.54, 1.807) is 12.5 Å². The molecule has 0 bridgehead atoms. The Bertz CT molecular complexity index is 396. The van der Waals surface area contributed by atoms with Gasteiger partial charge in [0.25, 0.3) is 0 Å². The van der Waals surface area contributed by atoms with Crippen LogP contribution in [0.25, 0.3) is 0 Å². The number of rotatable bonds is 5. The summed E-state index contributed by atoms with van der Waals surface area (Å²) in [5.74, 6) is -1.21. The summed E-state index contributed by atoms with van der Waals surface area (Å²) in [7, 11) is 0. The van der Waals surface area contributed by atoms with Gasteiger partial charge in [-0.15, -0.1) is 0 Å². The highest BCUT2D eigenvalue weighted by Crippen LogP contribution is 2.20. The molecule has 0 radical (unpaired) electrons. The fourth-order valence-corrected chi connectivity index (χ4v) is 1.67. The summed E-state index contributed by atoms with van der Waals surface area (Å²) in [4.78, 5) is 25.9. The molecule has 0 aliphatic carbocycles. The van der Waals surface area contributed by atoms with Gasteiger partial charge in [0.1, 0.15) is 0 Å². The van der Waals surface area contributed by atoms with Gasteiger partial charge in [-0.2, -0.15) is 0 Å². The minimum Gasteiger partial charge on any atom is -0.481 e. The van der Waals surface area contributed by atoms with Crippen molar-refractivity contribution in [3.8, 4) is 0 Å². The first-order valence-electron chi connectivity index (χ1n) is 5.42. The summed E-state index contributed by atoms with van der Waals surface area (Å²) in [5, 5.41) is 11.5. The zero-order valence-corrected chi connectivity index (χ0v) is 10.2. The molecule has 1 aromatic rings. The van der Waals surface area contributed by atoms with Crippen molar-refractivity contribution >= 4 is 11.9 Å². The van der Waals surface area contributed by atoms with E-state index in [-0.39, 0.29) is 18.4 Å². The van der Waals surface area contributed by atoms with E-state index in [0.717, 1.165) is 0 Å². The van der Waals surface area contributed by atoms with Crippen molar-refractivity contribution in [3.05, 3.63) is 18.2 Å². The SMILES string of the molecule is CC(=O)NC(CC(=O)O)c1cncn1C(C)C. The molecule has 17 heavy (non-hydrogen) atoms. The zero-order chi connectivity index (χ0) is 13.0. The molecule has 0 saturated heterocycles. The number of carboxylic acid groups (broad SMARTS) is 1. The van der Waals surface area contributed by atoms with E-state index in [2.05, 4.69) is 10.3 Å². The molecule has 0 aliphatic rings. The lowest BCUT2D eigenvalue weighted by Gasteiger charge is -2.20. The van der Waals surface area contributed by atoms with E-state index in [1.165, 1.54) is 6.92 Å². The van der Waals surface area contributed by atoms with Crippen LogP contribution in [-0.4, -0.2) is 26.5 Å². The third-order valence-corrected chi connectivity index (χ3v) is 2.37. The Labute approximate surface area is 99.7 Å². The van der Waals surface area contributed by atoms with Crippen LogP contribution in [-0.2, 0) is 9.59 Å². The summed E-state index contributed by atoms with van der Waals surface area (Å²) >= 11 is 0. The van der Waals surface area contributed by atoms with Crippen LogP contribution in [0.1, 0.15) is 45.0 Å². The molecule has 1 atom stereocenters. The third kappa shape index (κ3) is 3.58. The molecule has 1 unspecified atom stereocenters. The molecule has 0 fully saturated rings. The Morgan fingerprint density at radius 2 is 2.18 bits per heavy atom. The van der Waals surface area contributed by atoms with E-state index < -0.39 is 12.0 Å². The second-order valence-corrected chi connectivity index (χ2v) is 4.17. The van der Waals surface area contributed by atoms with Crippen molar-refractivity contribution in [2.75, 3.05) is 0 Å². The van der Waals surface area contributed by atoms with E-state index in [1.807, 2.05) is 18.4 Å². The lowest BCUT2D eigenvalue weighted by molar-refractivity contribution is -0.137. The first kappa shape index (κ1) is 13.2. The minimum atomic E-state index is -0.958. The highest BCUT2D eigenvalue weighted by atomic mass is 16.4. The van der Waals surface area contributed by atoms with Gasteiger partial charge in [0.2, 0.25) is 5.91 Å². The van der Waals surface area contributed by atoms with Gasteiger partial charge in [0.05, 0.1) is 30.7 Å². The second kappa shape index (κ2) is 5.47. The van der Waals surface area contributed by atoms with Crippen molar-refractivity contribution in [2.45, 2.75) is 39.3 Å². The standard InChI is InChI=1S/C11H17N3O3/c1-7(2)14-6-12-5-10(14)9(4-11(16)17)13-8(3)15/h5-7,9H,4H2,1-3H3,(H,13,15)(H,16,17). The lowest BCUT2D eigenvalue weighted by Crippen LogP contribution is -2.30. The van der Waals surface area contributed by atoms with Crippen molar-refractivity contribution in [2.24, 2.45) is 0 Å². The predicted octanol–water partition coefficient (Wildman–Crippen LogP) is 1.12. The molecule has 0 spiro atoms. The fourth-order valence-electron chi connectivity index (χ4n) is 1.67. The number of carboxylic acids is 1. The molecule has 0 aliphatic heterocycles. The Balaban J connectivity index is 2.98. The van der Waals surface area contributed by atoms with Crippen LogP contribution in [0.3, 0.4) is 0 Å². The number of hydrogen-bond acceptors (Lipinski definition) is 3. The van der Waals surface area contributed by atoms with Crippen LogP contribution < -0.4 is 5.32 Å².